The Morgan fingerprint density at radius 1 is 1.23 bits per heavy atom. The summed E-state index contributed by atoms with van der Waals surface area (Å²) < 4.78 is 33.0. The van der Waals surface area contributed by atoms with Crippen molar-refractivity contribution in [2.24, 2.45) is 5.92 Å². The fraction of sp³-hybridized carbons (Fsp3) is 0.684. The summed E-state index contributed by atoms with van der Waals surface area (Å²) in [7, 11) is 0. The molecular weight excluding hydrogens is 362 g/mol. The van der Waals surface area contributed by atoms with E-state index in [4.69, 9.17) is 16.3 Å². The number of hydrogen-bond acceptors (Lipinski definition) is 3. The summed E-state index contributed by atoms with van der Waals surface area (Å²) in [6.45, 7) is 0.435. The lowest BCUT2D eigenvalue weighted by Gasteiger charge is -2.29. The summed E-state index contributed by atoms with van der Waals surface area (Å²) in [5.74, 6) is 0.271. The van der Waals surface area contributed by atoms with Crippen molar-refractivity contribution < 1.29 is 18.3 Å². The summed E-state index contributed by atoms with van der Waals surface area (Å²) in [6.07, 6.45) is 4.09. The molecule has 0 bridgehead atoms. The number of amides is 1. The molecule has 0 spiro atoms. The first kappa shape index (κ1) is 19.3. The van der Waals surface area contributed by atoms with Crippen molar-refractivity contribution in [1.29, 1.82) is 0 Å². The maximum atomic E-state index is 14.0. The summed E-state index contributed by atoms with van der Waals surface area (Å²) in [5.41, 5.74) is 0.360. The van der Waals surface area contributed by atoms with Gasteiger partial charge in [0.1, 0.15) is 12.3 Å². The van der Waals surface area contributed by atoms with Gasteiger partial charge < -0.3 is 10.1 Å². The number of pyridine rings is 1. The van der Waals surface area contributed by atoms with E-state index >= 15 is 0 Å². The summed E-state index contributed by atoms with van der Waals surface area (Å²) in [6, 6.07) is 2.72. The Morgan fingerprint density at radius 2 is 2.08 bits per heavy atom. The Labute approximate surface area is 157 Å². The van der Waals surface area contributed by atoms with E-state index in [9.17, 15) is 13.6 Å². The zero-order valence-corrected chi connectivity index (χ0v) is 15.4. The van der Waals surface area contributed by atoms with Gasteiger partial charge in [0, 0.05) is 17.6 Å². The highest BCUT2D eigenvalue weighted by atomic mass is 35.5. The van der Waals surface area contributed by atoms with Crippen LogP contribution in [-0.4, -0.2) is 41.3 Å². The average Bonchev–Trinajstić information content (AvgIpc) is 2.63. The van der Waals surface area contributed by atoms with Crippen molar-refractivity contribution in [1.82, 2.24) is 10.3 Å². The SMILES string of the molecule is O=C(NC1CCC(Cl)CC1F)c1ccc(OCC2CCCC(F)C2)nc1. The summed E-state index contributed by atoms with van der Waals surface area (Å²) in [5, 5.41) is 2.56. The monoisotopic (exact) mass is 386 g/mol. The predicted molar refractivity (Wildman–Crippen MR) is 96.2 cm³/mol. The lowest BCUT2D eigenvalue weighted by molar-refractivity contribution is 0.0884. The van der Waals surface area contributed by atoms with Crippen LogP contribution in [-0.2, 0) is 0 Å². The van der Waals surface area contributed by atoms with Crippen LogP contribution in [0.1, 0.15) is 55.3 Å². The number of carbonyl (C=O) groups excluding carboxylic acids is 1. The highest BCUT2D eigenvalue weighted by molar-refractivity contribution is 6.20. The van der Waals surface area contributed by atoms with Crippen molar-refractivity contribution in [2.75, 3.05) is 6.61 Å². The van der Waals surface area contributed by atoms with E-state index in [0.717, 1.165) is 12.8 Å². The van der Waals surface area contributed by atoms with E-state index in [1.54, 1.807) is 12.1 Å². The highest BCUT2D eigenvalue weighted by Crippen LogP contribution is 2.27. The molecule has 2 aliphatic rings. The third-order valence-electron chi connectivity index (χ3n) is 5.21. The first-order chi connectivity index (χ1) is 12.5. The molecule has 0 aromatic carbocycles. The molecule has 0 saturated heterocycles. The zero-order valence-electron chi connectivity index (χ0n) is 14.7. The molecule has 1 aromatic heterocycles. The van der Waals surface area contributed by atoms with Crippen LogP contribution in [0.4, 0.5) is 8.78 Å². The second-order valence-electron chi connectivity index (χ2n) is 7.33. The van der Waals surface area contributed by atoms with Crippen molar-refractivity contribution >= 4 is 17.5 Å². The van der Waals surface area contributed by atoms with Crippen molar-refractivity contribution in [2.45, 2.75) is 68.7 Å². The molecule has 1 N–H and O–H groups in total. The molecule has 2 fully saturated rings. The largest absolute Gasteiger partial charge is 0.477 e. The molecule has 4 nitrogen and oxygen atoms in total. The summed E-state index contributed by atoms with van der Waals surface area (Å²) in [4.78, 5) is 16.4. The topological polar surface area (TPSA) is 51.2 Å². The maximum Gasteiger partial charge on any atom is 0.253 e. The number of ether oxygens (including phenoxy) is 1. The first-order valence-electron chi connectivity index (χ1n) is 9.33. The molecule has 7 heteroatoms. The minimum Gasteiger partial charge on any atom is -0.477 e. The highest BCUT2D eigenvalue weighted by Gasteiger charge is 2.31. The van der Waals surface area contributed by atoms with Crippen LogP contribution in [0.3, 0.4) is 0 Å². The molecule has 0 radical (unpaired) electrons. The summed E-state index contributed by atoms with van der Waals surface area (Å²) >= 11 is 5.94. The number of nitrogens with zero attached hydrogens (tertiary/aromatic N) is 1. The van der Waals surface area contributed by atoms with E-state index in [1.807, 2.05) is 0 Å². The molecule has 144 valence electrons. The van der Waals surface area contributed by atoms with Gasteiger partial charge in [-0.25, -0.2) is 13.8 Å². The Hall–Kier alpha value is -1.43. The fourth-order valence-corrected chi connectivity index (χ4v) is 3.96. The van der Waals surface area contributed by atoms with E-state index in [0.29, 0.717) is 43.7 Å². The molecule has 2 saturated carbocycles. The Bertz CT molecular complexity index is 602. The number of halogens is 3. The quantitative estimate of drug-likeness (QED) is 0.771. The number of aromatic nitrogens is 1. The average molecular weight is 387 g/mol. The zero-order chi connectivity index (χ0) is 18.5. The van der Waals surface area contributed by atoms with Gasteiger partial charge in [-0.15, -0.1) is 11.6 Å². The minimum atomic E-state index is -1.12. The standard InChI is InChI=1S/C19H25ClF2N2O2/c20-14-5-6-17(16(22)9-14)24-19(25)13-4-7-18(23-10-13)26-11-12-2-1-3-15(21)8-12/h4,7,10,12,14-17H,1-3,5-6,8-9,11H2,(H,24,25). The number of rotatable bonds is 5. The lowest BCUT2D eigenvalue weighted by atomic mass is 9.89. The molecule has 2 aliphatic carbocycles. The molecular formula is C19H25ClF2N2O2. The van der Waals surface area contributed by atoms with Gasteiger partial charge in [-0.05, 0) is 50.5 Å². The molecule has 1 aromatic rings. The van der Waals surface area contributed by atoms with E-state index < -0.39 is 18.4 Å². The smallest absolute Gasteiger partial charge is 0.253 e. The third kappa shape index (κ3) is 5.29. The maximum absolute atomic E-state index is 14.0. The molecule has 26 heavy (non-hydrogen) atoms. The second kappa shape index (κ2) is 8.98. The van der Waals surface area contributed by atoms with Gasteiger partial charge in [0.05, 0.1) is 18.2 Å². The molecule has 1 heterocycles. The Morgan fingerprint density at radius 3 is 2.77 bits per heavy atom. The Kier molecular flexibility index (Phi) is 6.68. The van der Waals surface area contributed by atoms with E-state index in [-0.39, 0.29) is 23.6 Å². The Balaban J connectivity index is 1.48. The van der Waals surface area contributed by atoms with Crippen molar-refractivity contribution in [3.63, 3.8) is 0 Å². The van der Waals surface area contributed by atoms with E-state index in [1.165, 1.54) is 6.20 Å². The van der Waals surface area contributed by atoms with Gasteiger partial charge in [0.15, 0.2) is 0 Å². The number of alkyl halides is 3. The third-order valence-corrected chi connectivity index (χ3v) is 5.61. The number of hydrogen-bond donors (Lipinski definition) is 1. The van der Waals surface area contributed by atoms with Gasteiger partial charge in [0.2, 0.25) is 5.88 Å². The van der Waals surface area contributed by atoms with Gasteiger partial charge in [-0.3, -0.25) is 4.79 Å². The van der Waals surface area contributed by atoms with Gasteiger partial charge in [0.25, 0.3) is 5.91 Å². The molecule has 5 unspecified atom stereocenters. The van der Waals surface area contributed by atoms with Crippen LogP contribution < -0.4 is 10.1 Å². The van der Waals surface area contributed by atoms with Crippen LogP contribution in [0.5, 0.6) is 5.88 Å². The van der Waals surface area contributed by atoms with Crippen LogP contribution >= 0.6 is 11.6 Å². The second-order valence-corrected chi connectivity index (χ2v) is 7.95. The molecule has 5 atom stereocenters. The predicted octanol–water partition coefficient (Wildman–Crippen LogP) is 4.22. The normalized spacial score (nSPS) is 32.0. The van der Waals surface area contributed by atoms with Crippen molar-refractivity contribution in [3.8, 4) is 5.88 Å². The minimum absolute atomic E-state index is 0.159. The van der Waals surface area contributed by atoms with Crippen LogP contribution in [0.25, 0.3) is 0 Å². The van der Waals surface area contributed by atoms with Crippen LogP contribution in [0.2, 0.25) is 0 Å². The number of nitrogens with one attached hydrogen (secondary N) is 1. The van der Waals surface area contributed by atoms with Crippen LogP contribution in [0, 0.1) is 5.92 Å². The van der Waals surface area contributed by atoms with Crippen molar-refractivity contribution in [3.05, 3.63) is 23.9 Å². The lowest BCUT2D eigenvalue weighted by Crippen LogP contribution is -2.45. The number of carbonyl (C=O) groups is 1. The molecule has 1 amide bonds. The van der Waals surface area contributed by atoms with Gasteiger partial charge in [-0.2, -0.15) is 0 Å². The van der Waals surface area contributed by atoms with E-state index in [2.05, 4.69) is 10.3 Å². The van der Waals surface area contributed by atoms with Gasteiger partial charge >= 0.3 is 0 Å². The molecule has 0 aliphatic heterocycles. The molecule has 3 rings (SSSR count). The first-order valence-corrected chi connectivity index (χ1v) is 9.77. The fourth-order valence-electron chi connectivity index (χ4n) is 3.66. The van der Waals surface area contributed by atoms with Crippen LogP contribution in [0.15, 0.2) is 18.3 Å². The van der Waals surface area contributed by atoms with Gasteiger partial charge in [-0.1, -0.05) is 6.42 Å².